The number of rotatable bonds is 2. The van der Waals surface area contributed by atoms with Crippen molar-refractivity contribution in [3.8, 4) is 17.2 Å². The van der Waals surface area contributed by atoms with Gasteiger partial charge in [-0.1, -0.05) is 34.1 Å². The average Bonchev–Trinajstić information content (AvgIpc) is 2.78. The first-order valence-corrected chi connectivity index (χ1v) is 7.06. The molecule has 0 saturated carbocycles. The molecule has 0 radical (unpaired) electrons. The minimum atomic E-state index is 0.0292. The molecule has 0 unspecified atom stereocenters. The van der Waals surface area contributed by atoms with E-state index in [1.807, 2.05) is 36.4 Å². The summed E-state index contributed by atoms with van der Waals surface area (Å²) < 4.78 is 0.961. The van der Waals surface area contributed by atoms with Crippen LogP contribution in [0.25, 0.3) is 11.1 Å². The van der Waals surface area contributed by atoms with Gasteiger partial charge < -0.3 is 5.32 Å². The van der Waals surface area contributed by atoms with Crippen LogP contribution in [0.5, 0.6) is 0 Å². The van der Waals surface area contributed by atoms with Crippen LogP contribution in [0.4, 0.5) is 5.69 Å². The number of nitriles is 1. The summed E-state index contributed by atoms with van der Waals surface area (Å²) in [5.74, 6) is 0.0292. The number of nitrogens with one attached hydrogen (secondary N) is 1. The van der Waals surface area contributed by atoms with Gasteiger partial charge in [-0.25, -0.2) is 0 Å². The van der Waals surface area contributed by atoms with Crippen LogP contribution in [0, 0.1) is 11.3 Å². The lowest BCUT2D eigenvalue weighted by Gasteiger charge is -2.11. The fourth-order valence-corrected chi connectivity index (χ4v) is 3.15. The van der Waals surface area contributed by atoms with Crippen molar-refractivity contribution in [3.05, 3.63) is 52.0 Å². The number of benzene rings is 2. The smallest absolute Gasteiger partial charge is 0.228 e. The lowest BCUT2D eigenvalue weighted by Crippen LogP contribution is -2.03. The number of hydrogen-bond donors (Lipinski definition) is 1. The highest BCUT2D eigenvalue weighted by Gasteiger charge is 2.19. The standard InChI is InChI=1S/C16H11BrN2O/c17-13-3-1-2-10(6-7-18)16(13)11-4-5-14-12(8-11)9-15(20)19-14/h1-5,8H,6,9H2,(H,19,20). The van der Waals surface area contributed by atoms with Crippen molar-refractivity contribution in [2.24, 2.45) is 0 Å². The quantitative estimate of drug-likeness (QED) is 0.915. The van der Waals surface area contributed by atoms with Crippen LogP contribution in [0.2, 0.25) is 0 Å². The number of halogens is 1. The van der Waals surface area contributed by atoms with Gasteiger partial charge in [-0.2, -0.15) is 5.26 Å². The maximum Gasteiger partial charge on any atom is 0.228 e. The molecule has 3 nitrogen and oxygen atoms in total. The molecule has 1 amide bonds. The van der Waals surface area contributed by atoms with E-state index in [0.29, 0.717) is 12.8 Å². The second-order valence-corrected chi connectivity index (χ2v) is 5.56. The van der Waals surface area contributed by atoms with Gasteiger partial charge in [-0.3, -0.25) is 4.79 Å². The van der Waals surface area contributed by atoms with E-state index in [2.05, 4.69) is 27.3 Å². The van der Waals surface area contributed by atoms with Crippen LogP contribution in [0.15, 0.2) is 40.9 Å². The predicted molar refractivity (Wildman–Crippen MR) is 81.2 cm³/mol. The summed E-state index contributed by atoms with van der Waals surface area (Å²) in [7, 11) is 0. The summed E-state index contributed by atoms with van der Waals surface area (Å²) in [6.07, 6.45) is 0.782. The Balaban J connectivity index is 2.13. The second-order valence-electron chi connectivity index (χ2n) is 4.71. The number of hydrogen-bond acceptors (Lipinski definition) is 2. The third-order valence-electron chi connectivity index (χ3n) is 3.39. The summed E-state index contributed by atoms with van der Waals surface area (Å²) in [6, 6.07) is 14.0. The minimum absolute atomic E-state index is 0.0292. The van der Waals surface area contributed by atoms with E-state index in [4.69, 9.17) is 5.26 Å². The lowest BCUT2D eigenvalue weighted by atomic mass is 9.96. The van der Waals surface area contributed by atoms with Gasteiger partial charge in [0.1, 0.15) is 0 Å². The number of carbonyl (C=O) groups excluding carboxylic acids is 1. The summed E-state index contributed by atoms with van der Waals surface area (Å²) >= 11 is 3.55. The number of fused-ring (bicyclic) bond motifs is 1. The molecular weight excluding hydrogens is 316 g/mol. The molecule has 3 rings (SSSR count). The highest BCUT2D eigenvalue weighted by Crippen LogP contribution is 2.35. The van der Waals surface area contributed by atoms with Crippen LogP contribution >= 0.6 is 15.9 Å². The highest BCUT2D eigenvalue weighted by molar-refractivity contribution is 9.10. The monoisotopic (exact) mass is 326 g/mol. The van der Waals surface area contributed by atoms with Gasteiger partial charge in [0.15, 0.2) is 0 Å². The van der Waals surface area contributed by atoms with Crippen LogP contribution in [-0.2, 0) is 17.6 Å². The molecule has 20 heavy (non-hydrogen) atoms. The van der Waals surface area contributed by atoms with Crippen molar-refractivity contribution in [2.45, 2.75) is 12.8 Å². The van der Waals surface area contributed by atoms with Gasteiger partial charge in [0.05, 0.1) is 18.9 Å². The first-order valence-electron chi connectivity index (χ1n) is 6.26. The van der Waals surface area contributed by atoms with Crippen LogP contribution < -0.4 is 5.32 Å². The summed E-state index contributed by atoms with van der Waals surface area (Å²) in [5, 5.41) is 11.8. The predicted octanol–water partition coefficient (Wildman–Crippen LogP) is 3.68. The van der Waals surface area contributed by atoms with Gasteiger partial charge in [0, 0.05) is 15.7 Å². The molecule has 1 aliphatic rings. The molecule has 98 valence electrons. The summed E-state index contributed by atoms with van der Waals surface area (Å²) in [6.45, 7) is 0. The Kier molecular flexibility index (Phi) is 3.29. The van der Waals surface area contributed by atoms with Gasteiger partial charge in [-0.15, -0.1) is 0 Å². The van der Waals surface area contributed by atoms with E-state index >= 15 is 0 Å². The topological polar surface area (TPSA) is 52.9 Å². The maximum atomic E-state index is 11.4. The molecule has 0 aromatic heterocycles. The molecule has 1 heterocycles. The highest BCUT2D eigenvalue weighted by atomic mass is 79.9. The summed E-state index contributed by atoms with van der Waals surface area (Å²) in [4.78, 5) is 11.4. The summed E-state index contributed by atoms with van der Waals surface area (Å²) in [5.41, 5.74) is 4.92. The Labute approximate surface area is 125 Å². The molecule has 0 aliphatic carbocycles. The van der Waals surface area contributed by atoms with Crippen LogP contribution in [0.3, 0.4) is 0 Å². The molecule has 4 heteroatoms. The molecule has 2 aromatic carbocycles. The minimum Gasteiger partial charge on any atom is -0.326 e. The molecule has 2 aromatic rings. The second kappa shape index (κ2) is 5.10. The lowest BCUT2D eigenvalue weighted by molar-refractivity contribution is -0.115. The van der Waals surface area contributed by atoms with Gasteiger partial charge in [0.25, 0.3) is 0 Å². The van der Waals surface area contributed by atoms with Gasteiger partial charge in [0.2, 0.25) is 5.91 Å². The molecular formula is C16H11BrN2O. The van der Waals surface area contributed by atoms with E-state index < -0.39 is 0 Å². The SMILES string of the molecule is N#CCc1cccc(Br)c1-c1ccc2c(c1)CC(=O)N2. The van der Waals surface area contributed by atoms with E-state index in [1.165, 1.54) is 0 Å². The first kappa shape index (κ1) is 12.9. The number of nitrogens with zero attached hydrogens (tertiary/aromatic N) is 1. The molecule has 0 saturated heterocycles. The fourth-order valence-electron chi connectivity index (χ4n) is 2.51. The Hall–Kier alpha value is -2.12. The molecule has 0 fully saturated rings. The molecule has 1 aliphatic heterocycles. The normalized spacial score (nSPS) is 12.7. The van der Waals surface area contributed by atoms with E-state index in [9.17, 15) is 4.79 Å². The van der Waals surface area contributed by atoms with E-state index in [-0.39, 0.29) is 5.91 Å². The van der Waals surface area contributed by atoms with Crippen molar-refractivity contribution in [2.75, 3.05) is 5.32 Å². The average molecular weight is 327 g/mol. The first-order chi connectivity index (χ1) is 9.69. The Morgan fingerprint density at radius 1 is 1.30 bits per heavy atom. The molecule has 1 N–H and O–H groups in total. The van der Waals surface area contributed by atoms with E-state index in [0.717, 1.165) is 32.4 Å². The Morgan fingerprint density at radius 3 is 2.95 bits per heavy atom. The maximum absolute atomic E-state index is 11.4. The van der Waals surface area contributed by atoms with Crippen molar-refractivity contribution in [1.29, 1.82) is 5.26 Å². The number of carbonyl (C=O) groups is 1. The number of amides is 1. The van der Waals surface area contributed by atoms with Crippen molar-refractivity contribution >= 4 is 27.5 Å². The number of anilines is 1. The zero-order chi connectivity index (χ0) is 14.1. The third-order valence-corrected chi connectivity index (χ3v) is 4.05. The van der Waals surface area contributed by atoms with Crippen molar-refractivity contribution < 1.29 is 4.79 Å². The zero-order valence-electron chi connectivity index (χ0n) is 10.6. The molecule has 0 atom stereocenters. The third kappa shape index (κ3) is 2.21. The fraction of sp³-hybridized carbons (Fsp3) is 0.125. The Morgan fingerprint density at radius 2 is 2.15 bits per heavy atom. The van der Waals surface area contributed by atoms with Crippen molar-refractivity contribution in [1.82, 2.24) is 0 Å². The van der Waals surface area contributed by atoms with Crippen LogP contribution in [0.1, 0.15) is 11.1 Å². The molecule has 0 spiro atoms. The van der Waals surface area contributed by atoms with E-state index in [1.54, 1.807) is 0 Å². The molecule has 0 bridgehead atoms. The Bertz CT molecular complexity index is 747. The zero-order valence-corrected chi connectivity index (χ0v) is 12.2. The van der Waals surface area contributed by atoms with Crippen LogP contribution in [-0.4, -0.2) is 5.91 Å². The van der Waals surface area contributed by atoms with Crippen molar-refractivity contribution in [3.63, 3.8) is 0 Å². The van der Waals surface area contributed by atoms with Gasteiger partial charge >= 0.3 is 0 Å². The van der Waals surface area contributed by atoms with Gasteiger partial charge in [-0.05, 0) is 34.9 Å². The largest absolute Gasteiger partial charge is 0.326 e.